The van der Waals surface area contributed by atoms with E-state index in [2.05, 4.69) is 20.0 Å². The summed E-state index contributed by atoms with van der Waals surface area (Å²) < 4.78 is 28.2. The first-order valence-corrected chi connectivity index (χ1v) is 5.51. The third-order valence-corrected chi connectivity index (χ3v) is 2.24. The number of nitrogens with two attached hydrogens (primary N) is 1. The van der Waals surface area contributed by atoms with Crippen molar-refractivity contribution in [2.45, 2.75) is 13.2 Å². The average molecular weight is 266 g/mol. The maximum Gasteiger partial charge on any atom is 0.387 e. The van der Waals surface area contributed by atoms with Gasteiger partial charge in [-0.05, 0) is 30.3 Å². The third-order valence-electron chi connectivity index (χ3n) is 2.24. The first-order valence-electron chi connectivity index (χ1n) is 5.51. The van der Waals surface area contributed by atoms with E-state index >= 15 is 0 Å². The highest BCUT2D eigenvalue weighted by molar-refractivity contribution is 5.56. The minimum absolute atomic E-state index is 0.103. The summed E-state index contributed by atoms with van der Waals surface area (Å²) in [5, 5.41) is 3.01. The van der Waals surface area contributed by atoms with Crippen LogP contribution in [0.4, 0.5) is 20.3 Å². The first-order chi connectivity index (χ1) is 9.17. The molecule has 0 unspecified atom stereocenters. The number of aromatic nitrogens is 2. The van der Waals surface area contributed by atoms with Crippen LogP contribution in [0.1, 0.15) is 5.82 Å². The van der Waals surface area contributed by atoms with Crippen LogP contribution in [0.2, 0.25) is 0 Å². The molecule has 0 aliphatic carbocycles. The average Bonchev–Trinajstić information content (AvgIpc) is 2.41. The second kappa shape index (κ2) is 6.05. The minimum Gasteiger partial charge on any atom is -0.435 e. The van der Waals surface area contributed by atoms with Crippen molar-refractivity contribution in [2.75, 3.05) is 5.32 Å². The van der Waals surface area contributed by atoms with Crippen molar-refractivity contribution in [2.24, 2.45) is 5.73 Å². The van der Waals surface area contributed by atoms with Gasteiger partial charge in [0.25, 0.3) is 0 Å². The lowest BCUT2D eigenvalue weighted by molar-refractivity contribution is -0.0498. The molecule has 3 N–H and O–H groups in total. The molecule has 0 aliphatic rings. The van der Waals surface area contributed by atoms with E-state index < -0.39 is 6.61 Å². The Kier molecular flexibility index (Phi) is 4.19. The van der Waals surface area contributed by atoms with Gasteiger partial charge in [-0.2, -0.15) is 8.78 Å². The molecule has 0 spiro atoms. The van der Waals surface area contributed by atoms with Crippen LogP contribution in [-0.2, 0) is 6.54 Å². The third kappa shape index (κ3) is 3.85. The number of alkyl halides is 2. The molecule has 5 nitrogen and oxygen atoms in total. The van der Waals surface area contributed by atoms with Crippen molar-refractivity contribution in [3.05, 3.63) is 42.4 Å². The monoisotopic (exact) mass is 266 g/mol. The van der Waals surface area contributed by atoms with Crippen LogP contribution in [0.5, 0.6) is 5.75 Å². The number of rotatable bonds is 5. The lowest BCUT2D eigenvalue weighted by atomic mass is 10.3. The van der Waals surface area contributed by atoms with Gasteiger partial charge in [-0.1, -0.05) is 0 Å². The molecule has 0 radical (unpaired) electrons. The molecule has 1 aromatic carbocycles. The molecule has 1 heterocycles. The van der Waals surface area contributed by atoms with Gasteiger partial charge in [-0.25, -0.2) is 9.97 Å². The lowest BCUT2D eigenvalue weighted by Crippen LogP contribution is -2.04. The van der Waals surface area contributed by atoms with Crippen LogP contribution in [0.3, 0.4) is 0 Å². The summed E-state index contributed by atoms with van der Waals surface area (Å²) in [5.41, 5.74) is 6.14. The summed E-state index contributed by atoms with van der Waals surface area (Å²) in [4.78, 5) is 8.13. The number of ether oxygens (including phenoxy) is 1. The standard InChI is InChI=1S/C12H12F2N4O/c13-12(14)19-9-3-1-8(2-4-9)17-10-5-6-16-11(7-15)18-10/h1-6,12H,7,15H2,(H,16,17,18). The Morgan fingerprint density at radius 1 is 1.21 bits per heavy atom. The van der Waals surface area contributed by atoms with E-state index in [1.165, 1.54) is 12.1 Å². The zero-order valence-corrected chi connectivity index (χ0v) is 9.88. The first kappa shape index (κ1) is 13.2. The van der Waals surface area contributed by atoms with Crippen molar-refractivity contribution >= 4 is 11.5 Å². The van der Waals surface area contributed by atoms with Gasteiger partial charge in [0.05, 0.1) is 6.54 Å². The van der Waals surface area contributed by atoms with Crippen LogP contribution in [0.15, 0.2) is 36.5 Å². The SMILES string of the molecule is NCc1nccc(Nc2ccc(OC(F)F)cc2)n1. The maximum absolute atomic E-state index is 12.0. The van der Waals surface area contributed by atoms with Crippen LogP contribution < -0.4 is 15.8 Å². The summed E-state index contributed by atoms with van der Waals surface area (Å²) in [6.07, 6.45) is 1.59. The normalized spacial score (nSPS) is 10.5. The fraction of sp³-hybridized carbons (Fsp3) is 0.167. The summed E-state index contributed by atoms with van der Waals surface area (Å²) in [7, 11) is 0. The van der Waals surface area contributed by atoms with E-state index in [0.29, 0.717) is 17.3 Å². The van der Waals surface area contributed by atoms with Crippen molar-refractivity contribution in [1.82, 2.24) is 9.97 Å². The number of hydrogen-bond donors (Lipinski definition) is 2. The summed E-state index contributed by atoms with van der Waals surface area (Å²) in [6.45, 7) is -2.58. The second-order valence-electron chi connectivity index (χ2n) is 3.59. The van der Waals surface area contributed by atoms with Gasteiger partial charge < -0.3 is 15.8 Å². The second-order valence-corrected chi connectivity index (χ2v) is 3.59. The molecule has 2 rings (SSSR count). The van der Waals surface area contributed by atoms with Crippen LogP contribution in [-0.4, -0.2) is 16.6 Å². The van der Waals surface area contributed by atoms with Gasteiger partial charge in [0.15, 0.2) is 0 Å². The summed E-state index contributed by atoms with van der Waals surface area (Å²) in [6, 6.07) is 7.80. The molecule has 0 fully saturated rings. The number of nitrogens with one attached hydrogen (secondary N) is 1. The smallest absolute Gasteiger partial charge is 0.387 e. The van der Waals surface area contributed by atoms with Gasteiger partial charge in [0, 0.05) is 11.9 Å². The quantitative estimate of drug-likeness (QED) is 0.868. The number of hydrogen-bond acceptors (Lipinski definition) is 5. The van der Waals surface area contributed by atoms with E-state index in [1.54, 1.807) is 24.4 Å². The zero-order chi connectivity index (χ0) is 13.7. The van der Waals surface area contributed by atoms with E-state index in [-0.39, 0.29) is 12.3 Å². The molecule has 0 saturated heterocycles. The molecule has 0 amide bonds. The highest BCUT2D eigenvalue weighted by Crippen LogP contribution is 2.20. The fourth-order valence-electron chi connectivity index (χ4n) is 1.43. The highest BCUT2D eigenvalue weighted by atomic mass is 19.3. The van der Waals surface area contributed by atoms with Crippen molar-refractivity contribution in [3.63, 3.8) is 0 Å². The van der Waals surface area contributed by atoms with Crippen molar-refractivity contribution in [1.29, 1.82) is 0 Å². The zero-order valence-electron chi connectivity index (χ0n) is 9.88. The molecule has 100 valence electrons. The van der Waals surface area contributed by atoms with Gasteiger partial charge in [0.2, 0.25) is 0 Å². The fourth-order valence-corrected chi connectivity index (χ4v) is 1.43. The molecule has 19 heavy (non-hydrogen) atoms. The van der Waals surface area contributed by atoms with Gasteiger partial charge >= 0.3 is 6.61 Å². The molecule has 7 heteroatoms. The Labute approximate surface area is 108 Å². The number of anilines is 2. The summed E-state index contributed by atoms with van der Waals surface area (Å²) in [5.74, 6) is 1.20. The van der Waals surface area contributed by atoms with Gasteiger partial charge in [0.1, 0.15) is 17.4 Å². The molecule has 0 atom stereocenters. The van der Waals surface area contributed by atoms with E-state index in [1.807, 2.05) is 0 Å². The number of benzene rings is 1. The highest BCUT2D eigenvalue weighted by Gasteiger charge is 2.04. The largest absolute Gasteiger partial charge is 0.435 e. The van der Waals surface area contributed by atoms with E-state index in [0.717, 1.165) is 0 Å². The van der Waals surface area contributed by atoms with Crippen molar-refractivity contribution in [3.8, 4) is 5.75 Å². The van der Waals surface area contributed by atoms with Crippen molar-refractivity contribution < 1.29 is 13.5 Å². The van der Waals surface area contributed by atoms with Crippen LogP contribution in [0.25, 0.3) is 0 Å². The Balaban J connectivity index is 2.06. The van der Waals surface area contributed by atoms with Crippen LogP contribution >= 0.6 is 0 Å². The maximum atomic E-state index is 12.0. The molecule has 0 saturated carbocycles. The number of halogens is 2. The Morgan fingerprint density at radius 2 is 1.95 bits per heavy atom. The molecule has 0 aliphatic heterocycles. The molecule has 1 aromatic heterocycles. The lowest BCUT2D eigenvalue weighted by Gasteiger charge is -2.08. The predicted molar refractivity (Wildman–Crippen MR) is 66.3 cm³/mol. The Hall–Kier alpha value is -2.28. The van der Waals surface area contributed by atoms with E-state index in [9.17, 15) is 8.78 Å². The molecule has 0 bridgehead atoms. The Bertz CT molecular complexity index is 534. The molecular formula is C12H12F2N4O. The van der Waals surface area contributed by atoms with Gasteiger partial charge in [-0.15, -0.1) is 0 Å². The predicted octanol–water partition coefficient (Wildman–Crippen LogP) is 2.28. The van der Waals surface area contributed by atoms with Gasteiger partial charge in [-0.3, -0.25) is 0 Å². The Morgan fingerprint density at radius 3 is 2.58 bits per heavy atom. The molecule has 2 aromatic rings. The minimum atomic E-state index is -2.83. The van der Waals surface area contributed by atoms with E-state index in [4.69, 9.17) is 5.73 Å². The molecular weight excluding hydrogens is 254 g/mol. The van der Waals surface area contributed by atoms with Crippen LogP contribution in [0, 0.1) is 0 Å². The summed E-state index contributed by atoms with van der Waals surface area (Å²) >= 11 is 0. The number of nitrogens with zero attached hydrogens (tertiary/aromatic N) is 2. The topological polar surface area (TPSA) is 73.1 Å².